The number of carbonyl (C=O) groups is 1. The van der Waals surface area contributed by atoms with Crippen LogP contribution in [0.15, 0.2) is 24.3 Å². The molecule has 1 aliphatic heterocycles. The molecule has 4 heteroatoms. The standard InChI is InChI=1S/C15H19NO3/c1-18-15(17)14(10-6-7-10)16-12-8-9-19-13-5-3-2-4-11(12)13/h2-5,10,12,14,16H,6-9H2,1H3. The van der Waals surface area contributed by atoms with E-state index in [0.717, 1.165) is 30.6 Å². The molecule has 0 radical (unpaired) electrons. The molecule has 2 unspecified atom stereocenters. The maximum absolute atomic E-state index is 11.9. The summed E-state index contributed by atoms with van der Waals surface area (Å²) in [7, 11) is 1.46. The molecular formula is C15H19NO3. The molecule has 102 valence electrons. The van der Waals surface area contributed by atoms with Crippen molar-refractivity contribution in [2.75, 3.05) is 13.7 Å². The van der Waals surface area contributed by atoms with Crippen molar-refractivity contribution in [3.63, 3.8) is 0 Å². The van der Waals surface area contributed by atoms with Gasteiger partial charge in [-0.05, 0) is 24.8 Å². The Morgan fingerprint density at radius 3 is 2.89 bits per heavy atom. The fourth-order valence-corrected chi connectivity index (χ4v) is 2.69. The molecule has 0 amide bonds. The van der Waals surface area contributed by atoms with Crippen LogP contribution in [0.25, 0.3) is 0 Å². The molecule has 0 saturated heterocycles. The first-order valence-electron chi connectivity index (χ1n) is 6.85. The molecule has 1 N–H and O–H groups in total. The molecule has 4 nitrogen and oxygen atoms in total. The summed E-state index contributed by atoms with van der Waals surface area (Å²) in [5.74, 6) is 1.21. The Hall–Kier alpha value is -1.55. The molecule has 0 aromatic heterocycles. The molecule has 1 saturated carbocycles. The lowest BCUT2D eigenvalue weighted by Gasteiger charge is -2.29. The second-order valence-corrected chi connectivity index (χ2v) is 5.23. The van der Waals surface area contributed by atoms with E-state index in [9.17, 15) is 4.79 Å². The third-order valence-electron chi connectivity index (χ3n) is 3.89. The van der Waals surface area contributed by atoms with E-state index < -0.39 is 0 Å². The quantitative estimate of drug-likeness (QED) is 0.843. The number of nitrogens with one attached hydrogen (secondary N) is 1. The fraction of sp³-hybridized carbons (Fsp3) is 0.533. The van der Waals surface area contributed by atoms with Gasteiger partial charge in [0.2, 0.25) is 0 Å². The summed E-state index contributed by atoms with van der Waals surface area (Å²) in [6.07, 6.45) is 3.10. The number of ether oxygens (including phenoxy) is 2. The monoisotopic (exact) mass is 261 g/mol. The van der Waals surface area contributed by atoms with Crippen molar-refractivity contribution in [3.05, 3.63) is 29.8 Å². The Labute approximate surface area is 113 Å². The number of hydrogen-bond donors (Lipinski definition) is 1. The smallest absolute Gasteiger partial charge is 0.323 e. The van der Waals surface area contributed by atoms with Crippen LogP contribution in [0.2, 0.25) is 0 Å². The van der Waals surface area contributed by atoms with Crippen molar-refractivity contribution >= 4 is 5.97 Å². The number of carbonyl (C=O) groups excluding carboxylic acids is 1. The lowest BCUT2D eigenvalue weighted by atomic mass is 9.99. The molecule has 1 aliphatic carbocycles. The minimum atomic E-state index is -0.179. The van der Waals surface area contributed by atoms with E-state index in [0.29, 0.717) is 12.5 Å². The SMILES string of the molecule is COC(=O)C(NC1CCOc2ccccc21)C1CC1. The van der Waals surface area contributed by atoms with Crippen LogP contribution >= 0.6 is 0 Å². The normalized spacial score (nSPS) is 23.1. The molecule has 2 atom stereocenters. The first-order chi connectivity index (χ1) is 9.29. The number of rotatable bonds is 4. The number of benzene rings is 1. The highest BCUT2D eigenvalue weighted by Gasteiger charge is 2.39. The van der Waals surface area contributed by atoms with Gasteiger partial charge in [0.05, 0.1) is 13.7 Å². The van der Waals surface area contributed by atoms with E-state index in [2.05, 4.69) is 11.4 Å². The zero-order valence-electron chi connectivity index (χ0n) is 11.1. The Kier molecular flexibility index (Phi) is 3.42. The molecule has 1 aromatic carbocycles. The van der Waals surface area contributed by atoms with E-state index in [1.165, 1.54) is 7.11 Å². The lowest BCUT2D eigenvalue weighted by molar-refractivity contribution is -0.144. The topological polar surface area (TPSA) is 47.6 Å². The third-order valence-corrected chi connectivity index (χ3v) is 3.89. The van der Waals surface area contributed by atoms with Crippen molar-refractivity contribution in [2.24, 2.45) is 5.92 Å². The summed E-state index contributed by atoms with van der Waals surface area (Å²) in [4.78, 5) is 11.9. The Morgan fingerprint density at radius 2 is 2.16 bits per heavy atom. The summed E-state index contributed by atoms with van der Waals surface area (Å²) in [6, 6.07) is 8.02. The van der Waals surface area contributed by atoms with Gasteiger partial charge in [0.1, 0.15) is 11.8 Å². The number of methoxy groups -OCH3 is 1. The molecule has 0 bridgehead atoms. The Morgan fingerprint density at radius 1 is 1.37 bits per heavy atom. The number of esters is 1. The predicted octanol–water partition coefficient (Wildman–Crippen LogP) is 2.05. The summed E-state index contributed by atoms with van der Waals surface area (Å²) in [5, 5.41) is 3.47. The van der Waals surface area contributed by atoms with Crippen LogP contribution in [0, 0.1) is 5.92 Å². The molecule has 0 spiro atoms. The summed E-state index contributed by atoms with van der Waals surface area (Å²) >= 11 is 0. The van der Waals surface area contributed by atoms with Crippen molar-refractivity contribution in [1.82, 2.24) is 5.32 Å². The second kappa shape index (κ2) is 5.21. The molecule has 2 aliphatic rings. The van der Waals surface area contributed by atoms with Crippen LogP contribution in [0.3, 0.4) is 0 Å². The third kappa shape index (κ3) is 2.59. The minimum Gasteiger partial charge on any atom is -0.493 e. The minimum absolute atomic E-state index is 0.147. The predicted molar refractivity (Wildman–Crippen MR) is 71.0 cm³/mol. The number of hydrogen-bond acceptors (Lipinski definition) is 4. The molecule has 3 rings (SSSR count). The van der Waals surface area contributed by atoms with Gasteiger partial charge in [0, 0.05) is 18.0 Å². The van der Waals surface area contributed by atoms with Gasteiger partial charge >= 0.3 is 5.97 Å². The van der Waals surface area contributed by atoms with Gasteiger partial charge in [-0.1, -0.05) is 18.2 Å². The summed E-state index contributed by atoms with van der Waals surface area (Å²) < 4.78 is 10.6. The first kappa shape index (κ1) is 12.5. The van der Waals surface area contributed by atoms with Gasteiger partial charge in [-0.2, -0.15) is 0 Å². The molecule has 1 fully saturated rings. The van der Waals surface area contributed by atoms with Crippen LogP contribution in [0.1, 0.15) is 30.9 Å². The van der Waals surface area contributed by atoms with E-state index in [-0.39, 0.29) is 18.1 Å². The van der Waals surface area contributed by atoms with E-state index in [1.54, 1.807) is 0 Å². The molecular weight excluding hydrogens is 242 g/mol. The van der Waals surface area contributed by atoms with E-state index in [1.807, 2.05) is 18.2 Å². The maximum Gasteiger partial charge on any atom is 0.323 e. The first-order valence-corrected chi connectivity index (χ1v) is 6.85. The van der Waals surface area contributed by atoms with Crippen molar-refractivity contribution < 1.29 is 14.3 Å². The highest BCUT2D eigenvalue weighted by molar-refractivity contribution is 5.76. The number of para-hydroxylation sites is 1. The van der Waals surface area contributed by atoms with Gasteiger partial charge in [-0.15, -0.1) is 0 Å². The van der Waals surface area contributed by atoms with Crippen LogP contribution in [-0.2, 0) is 9.53 Å². The average Bonchev–Trinajstić information content (AvgIpc) is 3.28. The highest BCUT2D eigenvalue weighted by atomic mass is 16.5. The summed E-state index contributed by atoms with van der Waals surface area (Å²) in [5.41, 5.74) is 1.14. The van der Waals surface area contributed by atoms with E-state index >= 15 is 0 Å². The Balaban J connectivity index is 1.77. The largest absolute Gasteiger partial charge is 0.493 e. The Bertz CT molecular complexity index is 470. The lowest BCUT2D eigenvalue weighted by Crippen LogP contribution is -2.43. The van der Waals surface area contributed by atoms with Crippen LogP contribution in [0.5, 0.6) is 5.75 Å². The summed E-state index contributed by atoms with van der Waals surface area (Å²) in [6.45, 7) is 0.688. The van der Waals surface area contributed by atoms with Gasteiger partial charge in [-0.25, -0.2) is 0 Å². The van der Waals surface area contributed by atoms with Crippen LogP contribution < -0.4 is 10.1 Å². The van der Waals surface area contributed by atoms with Crippen LogP contribution in [0.4, 0.5) is 0 Å². The maximum atomic E-state index is 11.9. The van der Waals surface area contributed by atoms with Gasteiger partial charge in [-0.3, -0.25) is 10.1 Å². The van der Waals surface area contributed by atoms with E-state index in [4.69, 9.17) is 9.47 Å². The molecule has 19 heavy (non-hydrogen) atoms. The second-order valence-electron chi connectivity index (χ2n) is 5.23. The number of fused-ring (bicyclic) bond motifs is 1. The van der Waals surface area contributed by atoms with Crippen molar-refractivity contribution in [1.29, 1.82) is 0 Å². The zero-order chi connectivity index (χ0) is 13.2. The van der Waals surface area contributed by atoms with Gasteiger partial charge in [0.25, 0.3) is 0 Å². The van der Waals surface area contributed by atoms with Crippen molar-refractivity contribution in [2.45, 2.75) is 31.3 Å². The molecule has 1 heterocycles. The van der Waals surface area contributed by atoms with Gasteiger partial charge < -0.3 is 9.47 Å². The highest BCUT2D eigenvalue weighted by Crippen LogP contribution is 2.37. The van der Waals surface area contributed by atoms with Crippen molar-refractivity contribution in [3.8, 4) is 5.75 Å². The van der Waals surface area contributed by atoms with Gasteiger partial charge in [0.15, 0.2) is 0 Å². The van der Waals surface area contributed by atoms with Crippen LogP contribution in [-0.4, -0.2) is 25.7 Å². The zero-order valence-corrected chi connectivity index (χ0v) is 11.1. The molecule has 1 aromatic rings. The fourth-order valence-electron chi connectivity index (χ4n) is 2.69. The average molecular weight is 261 g/mol.